The van der Waals surface area contributed by atoms with E-state index in [1.807, 2.05) is 18.2 Å². The highest BCUT2D eigenvalue weighted by molar-refractivity contribution is 6.02. The van der Waals surface area contributed by atoms with Gasteiger partial charge in [0.25, 0.3) is 5.91 Å². The fourth-order valence-corrected chi connectivity index (χ4v) is 2.78. The van der Waals surface area contributed by atoms with E-state index < -0.39 is 0 Å². The Bertz CT molecular complexity index is 717. The number of nitrogens with zero attached hydrogens (tertiary/aromatic N) is 1. The van der Waals surface area contributed by atoms with Gasteiger partial charge in [0.05, 0.1) is 6.10 Å². The molecule has 2 aliphatic rings. The second-order valence-corrected chi connectivity index (χ2v) is 6.32. The summed E-state index contributed by atoms with van der Waals surface area (Å²) >= 11 is 0. The van der Waals surface area contributed by atoms with Crippen molar-refractivity contribution in [3.05, 3.63) is 41.8 Å². The summed E-state index contributed by atoms with van der Waals surface area (Å²) in [7, 11) is 0. The van der Waals surface area contributed by atoms with Gasteiger partial charge in [-0.1, -0.05) is 11.2 Å². The number of anilines is 1. The number of amides is 1. The fourth-order valence-electron chi connectivity index (χ4n) is 2.78. The third kappa shape index (κ3) is 3.59. The maximum atomic E-state index is 12.3. The molecule has 1 saturated heterocycles. The quantitative estimate of drug-likeness (QED) is 0.880. The minimum Gasteiger partial charge on any atom is -0.491 e. The van der Waals surface area contributed by atoms with Crippen molar-refractivity contribution in [1.82, 2.24) is 5.16 Å². The molecule has 0 spiro atoms. The number of rotatable bonds is 6. The van der Waals surface area contributed by atoms with E-state index in [0.29, 0.717) is 29.7 Å². The predicted molar refractivity (Wildman–Crippen MR) is 87.3 cm³/mol. The molecular formula is C18H20N2O4. The van der Waals surface area contributed by atoms with Gasteiger partial charge in [-0.05, 0) is 37.8 Å². The summed E-state index contributed by atoms with van der Waals surface area (Å²) in [4.78, 5) is 12.3. The van der Waals surface area contributed by atoms with E-state index in [4.69, 9.17) is 14.0 Å². The minimum atomic E-state index is -0.276. The molecule has 1 N–H and O–H groups in total. The van der Waals surface area contributed by atoms with Gasteiger partial charge in [-0.25, -0.2) is 0 Å². The molecule has 24 heavy (non-hydrogen) atoms. The van der Waals surface area contributed by atoms with Crippen LogP contribution in [0.3, 0.4) is 0 Å². The van der Waals surface area contributed by atoms with Crippen LogP contribution in [0.5, 0.6) is 5.75 Å². The largest absolute Gasteiger partial charge is 0.491 e. The van der Waals surface area contributed by atoms with Gasteiger partial charge in [0.1, 0.15) is 18.1 Å². The highest BCUT2D eigenvalue weighted by atomic mass is 16.5. The molecule has 4 rings (SSSR count). The van der Waals surface area contributed by atoms with Crippen LogP contribution in [0, 0.1) is 0 Å². The summed E-state index contributed by atoms with van der Waals surface area (Å²) in [5.41, 5.74) is 0.975. The molecule has 1 aliphatic carbocycles. The molecule has 1 amide bonds. The van der Waals surface area contributed by atoms with Gasteiger partial charge in [-0.15, -0.1) is 0 Å². The molecule has 2 fully saturated rings. The van der Waals surface area contributed by atoms with Gasteiger partial charge in [-0.2, -0.15) is 0 Å². The summed E-state index contributed by atoms with van der Waals surface area (Å²) < 4.78 is 16.5. The van der Waals surface area contributed by atoms with E-state index in [9.17, 15) is 4.79 Å². The molecule has 1 aliphatic heterocycles. The second-order valence-electron chi connectivity index (χ2n) is 6.32. The first kappa shape index (κ1) is 15.2. The standard InChI is InChI=1S/C18H20N2O4/c21-18(16-10-17(24-20-16)12-6-7-12)19-13-3-1-4-14(9-13)23-11-15-5-2-8-22-15/h1,3-4,9-10,12,15H,2,5-8,11H2,(H,19,21). The zero-order valence-corrected chi connectivity index (χ0v) is 13.4. The van der Waals surface area contributed by atoms with Gasteiger partial charge in [0.2, 0.25) is 0 Å². The first-order valence-electron chi connectivity index (χ1n) is 8.40. The topological polar surface area (TPSA) is 73.6 Å². The van der Waals surface area contributed by atoms with Gasteiger partial charge in [-0.3, -0.25) is 4.79 Å². The van der Waals surface area contributed by atoms with E-state index >= 15 is 0 Å². The first-order valence-corrected chi connectivity index (χ1v) is 8.40. The number of carbonyl (C=O) groups excluding carboxylic acids is 1. The maximum Gasteiger partial charge on any atom is 0.277 e. The third-order valence-corrected chi connectivity index (χ3v) is 4.29. The molecule has 1 unspecified atom stereocenters. The van der Waals surface area contributed by atoms with Gasteiger partial charge < -0.3 is 19.3 Å². The van der Waals surface area contributed by atoms with Crippen LogP contribution in [0.2, 0.25) is 0 Å². The smallest absolute Gasteiger partial charge is 0.277 e. The Morgan fingerprint density at radius 2 is 2.21 bits per heavy atom. The number of nitrogens with one attached hydrogen (secondary N) is 1. The van der Waals surface area contributed by atoms with Crippen molar-refractivity contribution < 1.29 is 18.8 Å². The maximum absolute atomic E-state index is 12.3. The van der Waals surface area contributed by atoms with Crippen LogP contribution in [-0.2, 0) is 4.74 Å². The first-order chi connectivity index (χ1) is 11.8. The molecule has 1 aromatic carbocycles. The number of hydrogen-bond donors (Lipinski definition) is 1. The molecular weight excluding hydrogens is 308 g/mol. The fraction of sp³-hybridized carbons (Fsp3) is 0.444. The summed E-state index contributed by atoms with van der Waals surface area (Å²) in [5.74, 6) is 1.67. The second kappa shape index (κ2) is 6.65. The average Bonchev–Trinajstić information content (AvgIpc) is 3.11. The van der Waals surface area contributed by atoms with E-state index in [1.54, 1.807) is 12.1 Å². The van der Waals surface area contributed by atoms with Crippen LogP contribution in [0.25, 0.3) is 0 Å². The zero-order valence-electron chi connectivity index (χ0n) is 13.4. The Balaban J connectivity index is 1.36. The van der Waals surface area contributed by atoms with Crippen molar-refractivity contribution in [2.24, 2.45) is 0 Å². The Morgan fingerprint density at radius 1 is 1.29 bits per heavy atom. The lowest BCUT2D eigenvalue weighted by atomic mass is 10.2. The van der Waals surface area contributed by atoms with Crippen molar-refractivity contribution in [2.75, 3.05) is 18.5 Å². The van der Waals surface area contributed by atoms with Crippen LogP contribution in [0.4, 0.5) is 5.69 Å². The van der Waals surface area contributed by atoms with Gasteiger partial charge in [0.15, 0.2) is 5.69 Å². The highest BCUT2D eigenvalue weighted by Crippen LogP contribution is 2.40. The van der Waals surface area contributed by atoms with Crippen molar-refractivity contribution >= 4 is 11.6 Å². The average molecular weight is 328 g/mol. The zero-order chi connectivity index (χ0) is 16.4. The number of ether oxygens (including phenoxy) is 2. The molecule has 6 nitrogen and oxygen atoms in total. The number of aromatic nitrogens is 1. The molecule has 2 aromatic rings. The highest BCUT2D eigenvalue weighted by Gasteiger charge is 2.28. The normalized spacial score (nSPS) is 20.1. The molecule has 0 radical (unpaired) electrons. The predicted octanol–water partition coefficient (Wildman–Crippen LogP) is 3.36. The monoisotopic (exact) mass is 328 g/mol. The molecule has 6 heteroatoms. The lowest BCUT2D eigenvalue weighted by Crippen LogP contribution is -2.16. The molecule has 1 aromatic heterocycles. The van der Waals surface area contributed by atoms with E-state index in [-0.39, 0.29) is 12.0 Å². The number of carbonyl (C=O) groups is 1. The van der Waals surface area contributed by atoms with Crippen LogP contribution >= 0.6 is 0 Å². The molecule has 1 saturated carbocycles. The van der Waals surface area contributed by atoms with Crippen molar-refractivity contribution in [2.45, 2.75) is 37.7 Å². The molecule has 126 valence electrons. The van der Waals surface area contributed by atoms with Crippen molar-refractivity contribution in [1.29, 1.82) is 0 Å². The van der Waals surface area contributed by atoms with Crippen LogP contribution in [0.1, 0.15) is 47.8 Å². The van der Waals surface area contributed by atoms with Crippen LogP contribution in [-0.4, -0.2) is 30.4 Å². The summed E-state index contributed by atoms with van der Waals surface area (Å²) in [6.07, 6.45) is 4.51. The van der Waals surface area contributed by atoms with Crippen molar-refractivity contribution in [3.8, 4) is 5.75 Å². The van der Waals surface area contributed by atoms with Crippen molar-refractivity contribution in [3.63, 3.8) is 0 Å². The summed E-state index contributed by atoms with van der Waals surface area (Å²) in [6, 6.07) is 9.06. The van der Waals surface area contributed by atoms with E-state index in [0.717, 1.165) is 38.1 Å². The minimum absolute atomic E-state index is 0.166. The summed E-state index contributed by atoms with van der Waals surface area (Å²) in [6.45, 7) is 1.34. The lowest BCUT2D eigenvalue weighted by Gasteiger charge is -2.12. The van der Waals surface area contributed by atoms with E-state index in [2.05, 4.69) is 10.5 Å². The Kier molecular flexibility index (Phi) is 4.21. The van der Waals surface area contributed by atoms with Gasteiger partial charge in [0, 0.05) is 30.3 Å². The Hall–Kier alpha value is -2.34. The third-order valence-electron chi connectivity index (χ3n) is 4.29. The van der Waals surface area contributed by atoms with Gasteiger partial charge >= 0.3 is 0 Å². The number of hydrogen-bond acceptors (Lipinski definition) is 5. The Morgan fingerprint density at radius 3 is 3.00 bits per heavy atom. The lowest BCUT2D eigenvalue weighted by molar-refractivity contribution is 0.0680. The SMILES string of the molecule is O=C(Nc1cccc(OCC2CCCO2)c1)c1cc(C2CC2)on1. The molecule has 1 atom stereocenters. The number of benzene rings is 1. The molecule has 0 bridgehead atoms. The summed E-state index contributed by atoms with van der Waals surface area (Å²) in [5, 5.41) is 6.68. The van der Waals surface area contributed by atoms with Crippen LogP contribution < -0.4 is 10.1 Å². The Labute approximate surface area is 140 Å². The van der Waals surface area contributed by atoms with E-state index in [1.165, 1.54) is 0 Å². The molecule has 2 heterocycles. The van der Waals surface area contributed by atoms with Crippen LogP contribution in [0.15, 0.2) is 34.9 Å².